The maximum atomic E-state index is 14.3. The van der Waals surface area contributed by atoms with E-state index in [4.69, 9.17) is 9.47 Å². The molecule has 4 bridgehead atoms. The highest BCUT2D eigenvalue weighted by Gasteiger charge is 2.67. The van der Waals surface area contributed by atoms with Gasteiger partial charge >= 0.3 is 12.2 Å². The molecule has 4 aliphatic rings. The topological polar surface area (TPSA) is 155 Å². The molecule has 0 radical (unpaired) electrons. The number of carbonyl (C=O) groups excluding carboxylic acids is 4. The van der Waals surface area contributed by atoms with Crippen LogP contribution in [0.2, 0.25) is 0 Å². The molecule has 1 saturated carbocycles. The molecule has 1 unspecified atom stereocenters. The van der Waals surface area contributed by atoms with Crippen LogP contribution in [0.3, 0.4) is 0 Å². The minimum atomic E-state index is -3.83. The lowest BCUT2D eigenvalue weighted by molar-refractivity contribution is -0.142. The van der Waals surface area contributed by atoms with Crippen molar-refractivity contribution < 1.29 is 38.1 Å². The van der Waals surface area contributed by atoms with E-state index < -0.39 is 65.9 Å². The molecule has 3 aliphatic heterocycles. The van der Waals surface area contributed by atoms with Gasteiger partial charge in [0, 0.05) is 25.2 Å². The minimum Gasteiger partial charge on any atom is -0.450 e. The first-order valence-electron chi connectivity index (χ1n) is 17.5. The Bertz CT molecular complexity index is 1460. The molecule has 1 aliphatic carbocycles. The molecule has 12 nitrogen and oxygen atoms in total. The van der Waals surface area contributed by atoms with E-state index in [-0.39, 0.29) is 25.5 Å². The van der Waals surface area contributed by atoms with E-state index >= 15 is 0 Å². The number of nitrogens with one attached hydrogen (secondary N) is 2. The third-order valence-electron chi connectivity index (χ3n) is 10.6. The molecule has 2 fully saturated rings. The monoisotopic (exact) mass is 688 g/mol. The molecule has 266 valence electrons. The van der Waals surface area contributed by atoms with Crippen molar-refractivity contribution in [2.75, 3.05) is 13.2 Å². The number of cyclic esters (lactones) is 1. The second-order valence-corrected chi connectivity index (χ2v) is 18.4. The standard InChI is InChI=1S/C35H53N4O8P/c1-7-25-18-35(25,48(44,45)22(2)3)37-30(40)28-17-26-20-39(28)31(41)29(34(4,5)6)36-32(42)46-16-11-9-8-10-13-23-14-12-15-24-19-38(21-27(23)24)33(43)47-26/h12,14-15,22,25-26,28-29H,7-11,13,16-21H2,1-6H3,(H,36,42)(H,37,40)(H,44,45)/t25-,26-,28+,29-,35+/m1/s1. The third-order valence-corrected chi connectivity index (χ3v) is 13.8. The number of hydrogen-bond acceptors (Lipinski definition) is 7. The number of fused-ring (bicyclic) bond motifs is 3. The molecular weight excluding hydrogens is 635 g/mol. The fraction of sp³-hybridized carbons (Fsp3) is 0.714. The van der Waals surface area contributed by atoms with Gasteiger partial charge in [-0.15, -0.1) is 0 Å². The van der Waals surface area contributed by atoms with Gasteiger partial charge in [-0.25, -0.2) is 9.59 Å². The summed E-state index contributed by atoms with van der Waals surface area (Å²) in [6.45, 7) is 11.7. The lowest BCUT2D eigenvalue weighted by atomic mass is 9.85. The van der Waals surface area contributed by atoms with Crippen LogP contribution in [-0.4, -0.2) is 81.0 Å². The number of benzene rings is 1. The summed E-state index contributed by atoms with van der Waals surface area (Å²) in [6, 6.07) is 4.00. The van der Waals surface area contributed by atoms with Crippen LogP contribution >= 0.6 is 7.37 Å². The third kappa shape index (κ3) is 7.25. The molecule has 5 rings (SSSR count). The van der Waals surface area contributed by atoms with Gasteiger partial charge < -0.3 is 29.9 Å². The first-order chi connectivity index (χ1) is 22.6. The normalized spacial score (nSPS) is 29.9. The van der Waals surface area contributed by atoms with Crippen LogP contribution in [-0.2, 0) is 43.1 Å². The number of aryl methyl sites for hydroxylation is 1. The molecule has 48 heavy (non-hydrogen) atoms. The van der Waals surface area contributed by atoms with Crippen LogP contribution < -0.4 is 10.6 Å². The maximum absolute atomic E-state index is 14.3. The fourth-order valence-electron chi connectivity index (χ4n) is 7.54. The Labute approximate surface area is 284 Å². The van der Waals surface area contributed by atoms with Gasteiger partial charge in [-0.1, -0.05) is 79.0 Å². The average molecular weight is 689 g/mol. The van der Waals surface area contributed by atoms with Gasteiger partial charge in [0.25, 0.3) is 0 Å². The Morgan fingerprint density at radius 1 is 1.12 bits per heavy atom. The van der Waals surface area contributed by atoms with Crippen LogP contribution in [0.5, 0.6) is 0 Å². The van der Waals surface area contributed by atoms with Crippen molar-refractivity contribution in [3.63, 3.8) is 0 Å². The van der Waals surface area contributed by atoms with Crippen LogP contribution in [0.15, 0.2) is 18.2 Å². The molecule has 0 spiro atoms. The maximum Gasteiger partial charge on any atom is 0.410 e. The summed E-state index contributed by atoms with van der Waals surface area (Å²) in [5.41, 5.74) is 2.10. The SMILES string of the molecule is CC[C@@H]1C[C@]1(NC(=O)[C@@H]1C[C@@H]2CN1C(=O)[C@H](C(C)(C)C)NC(=O)OCCCCCCc1cccc3c1CN(C3)C(=O)O2)P(=O)(O)C(C)C. The highest BCUT2D eigenvalue weighted by molar-refractivity contribution is 7.60. The van der Waals surface area contributed by atoms with Gasteiger partial charge in [-0.2, -0.15) is 0 Å². The predicted molar refractivity (Wildman–Crippen MR) is 180 cm³/mol. The Kier molecular flexibility index (Phi) is 10.6. The van der Waals surface area contributed by atoms with Crippen molar-refractivity contribution in [3.05, 3.63) is 34.9 Å². The lowest BCUT2D eigenvalue weighted by Gasteiger charge is -2.36. The van der Waals surface area contributed by atoms with Crippen LogP contribution in [0, 0.1) is 11.3 Å². The summed E-state index contributed by atoms with van der Waals surface area (Å²) >= 11 is 0. The minimum absolute atomic E-state index is 0.0148. The van der Waals surface area contributed by atoms with Gasteiger partial charge in [0.05, 0.1) is 13.2 Å². The zero-order valence-electron chi connectivity index (χ0n) is 29.3. The highest BCUT2D eigenvalue weighted by atomic mass is 31.2. The van der Waals surface area contributed by atoms with Gasteiger partial charge in [-0.05, 0) is 53.7 Å². The summed E-state index contributed by atoms with van der Waals surface area (Å²) in [4.78, 5) is 69.1. The zero-order chi connectivity index (χ0) is 35.0. The number of alkyl carbamates (subject to hydrolysis) is 1. The number of ether oxygens (including phenoxy) is 2. The van der Waals surface area contributed by atoms with E-state index in [1.807, 2.05) is 39.8 Å². The van der Waals surface area contributed by atoms with Gasteiger partial charge in [0.15, 0.2) is 0 Å². The summed E-state index contributed by atoms with van der Waals surface area (Å²) in [7, 11) is -3.83. The van der Waals surface area contributed by atoms with Crippen molar-refractivity contribution in [2.45, 2.75) is 135 Å². The number of hydrogen-bond donors (Lipinski definition) is 3. The second kappa shape index (κ2) is 14.0. The number of amides is 4. The van der Waals surface area contributed by atoms with E-state index in [2.05, 4.69) is 16.7 Å². The molecule has 4 amide bonds. The first kappa shape index (κ1) is 36.2. The van der Waals surface area contributed by atoms with Crippen LogP contribution in [0.1, 0.15) is 103 Å². The Balaban J connectivity index is 1.44. The average Bonchev–Trinajstić information content (AvgIpc) is 3.33. The summed E-state index contributed by atoms with van der Waals surface area (Å²) in [6.07, 6.45) is 3.34. The van der Waals surface area contributed by atoms with E-state index in [1.54, 1.807) is 18.7 Å². The fourth-order valence-corrected chi connectivity index (χ4v) is 9.92. The largest absolute Gasteiger partial charge is 0.450 e. The van der Waals surface area contributed by atoms with Crippen LogP contribution in [0.4, 0.5) is 9.59 Å². The smallest absolute Gasteiger partial charge is 0.410 e. The molecule has 6 atom stereocenters. The second-order valence-electron chi connectivity index (χ2n) is 15.3. The summed E-state index contributed by atoms with van der Waals surface area (Å²) in [5.74, 6) is -1.26. The molecule has 1 aromatic carbocycles. The Morgan fingerprint density at radius 3 is 2.50 bits per heavy atom. The molecule has 0 aromatic heterocycles. The van der Waals surface area contributed by atoms with E-state index in [0.29, 0.717) is 32.4 Å². The molecule has 1 saturated heterocycles. The van der Waals surface area contributed by atoms with Crippen molar-refractivity contribution in [1.82, 2.24) is 20.4 Å². The molecule has 1 aromatic rings. The Hall–Kier alpha value is -3.11. The molecule has 3 N–H and O–H groups in total. The summed E-state index contributed by atoms with van der Waals surface area (Å²) in [5, 5.41) is 4.39. The Morgan fingerprint density at radius 2 is 1.83 bits per heavy atom. The van der Waals surface area contributed by atoms with E-state index in [0.717, 1.165) is 36.8 Å². The molecule has 13 heteroatoms. The van der Waals surface area contributed by atoms with E-state index in [9.17, 15) is 28.6 Å². The van der Waals surface area contributed by atoms with Gasteiger partial charge in [0.1, 0.15) is 23.5 Å². The molecular formula is C35H53N4O8P. The van der Waals surface area contributed by atoms with Crippen molar-refractivity contribution in [2.24, 2.45) is 11.3 Å². The van der Waals surface area contributed by atoms with Crippen molar-refractivity contribution in [3.8, 4) is 0 Å². The van der Waals surface area contributed by atoms with Gasteiger partial charge in [-0.3, -0.25) is 19.1 Å². The van der Waals surface area contributed by atoms with Gasteiger partial charge in [0.2, 0.25) is 19.2 Å². The predicted octanol–water partition coefficient (Wildman–Crippen LogP) is 5.29. The van der Waals surface area contributed by atoms with E-state index in [1.165, 1.54) is 10.5 Å². The summed E-state index contributed by atoms with van der Waals surface area (Å²) < 4.78 is 25.1. The highest BCUT2D eigenvalue weighted by Crippen LogP contribution is 2.72. The van der Waals surface area contributed by atoms with Crippen molar-refractivity contribution >= 4 is 31.4 Å². The first-order valence-corrected chi connectivity index (χ1v) is 19.3. The number of rotatable bonds is 5. The number of carbonyl (C=O) groups is 4. The zero-order valence-corrected chi connectivity index (χ0v) is 30.1. The number of nitrogens with zero attached hydrogens (tertiary/aromatic N) is 2. The van der Waals surface area contributed by atoms with Crippen LogP contribution in [0.25, 0.3) is 0 Å². The lowest BCUT2D eigenvalue weighted by Crippen LogP contribution is -2.58. The quantitative estimate of drug-likeness (QED) is 0.353. The van der Waals surface area contributed by atoms with Crippen molar-refractivity contribution in [1.29, 1.82) is 0 Å². The molecule has 3 heterocycles.